The number of carboxylic acid groups (broad SMARTS) is 1. The molecule has 1 atom stereocenters. The van der Waals surface area contributed by atoms with Gasteiger partial charge in [0.15, 0.2) is 5.78 Å². The van der Waals surface area contributed by atoms with Crippen LogP contribution in [0.3, 0.4) is 0 Å². The molecular weight excluding hydrogens is 438 g/mol. The summed E-state index contributed by atoms with van der Waals surface area (Å²) in [7, 11) is 3.90. The van der Waals surface area contributed by atoms with Gasteiger partial charge in [-0.15, -0.1) is 0 Å². The van der Waals surface area contributed by atoms with Crippen molar-refractivity contribution in [2.45, 2.75) is 52.0 Å². The molecule has 0 aromatic heterocycles. The van der Waals surface area contributed by atoms with E-state index in [0.717, 1.165) is 37.4 Å². The van der Waals surface area contributed by atoms with Crippen LogP contribution >= 0.6 is 0 Å². The monoisotopic (exact) mass is 483 g/mol. The van der Waals surface area contributed by atoms with Crippen LogP contribution in [0.5, 0.6) is 0 Å². The van der Waals surface area contributed by atoms with Gasteiger partial charge in [-0.3, -0.25) is 19.4 Å². The van der Waals surface area contributed by atoms with Crippen molar-refractivity contribution < 1.29 is 14.7 Å². The zero-order chi connectivity index (χ0) is 26.4. The largest absolute Gasteiger partial charge is 0.481 e. The van der Waals surface area contributed by atoms with Crippen molar-refractivity contribution >= 4 is 17.4 Å². The zero-order valence-corrected chi connectivity index (χ0v) is 22.4. The molecule has 1 N–H and O–H groups in total. The van der Waals surface area contributed by atoms with E-state index in [0.29, 0.717) is 24.9 Å². The first-order valence-electron chi connectivity index (χ1n) is 12.6. The number of nitrogens with zero attached hydrogens (tertiary/aromatic N) is 3. The fourth-order valence-electron chi connectivity index (χ4n) is 4.26. The molecule has 1 aromatic rings. The number of carbonyl (C=O) groups excluding carboxylic acids is 1. The van der Waals surface area contributed by atoms with E-state index in [1.54, 1.807) is 6.08 Å². The summed E-state index contributed by atoms with van der Waals surface area (Å²) in [5, 5.41) is 8.86. The summed E-state index contributed by atoms with van der Waals surface area (Å²) < 4.78 is 0. The molecule has 1 unspecified atom stereocenters. The van der Waals surface area contributed by atoms with E-state index < -0.39 is 11.5 Å². The molecule has 1 heterocycles. The third-order valence-corrected chi connectivity index (χ3v) is 6.36. The second kappa shape index (κ2) is 15.3. The van der Waals surface area contributed by atoms with Crippen LogP contribution < -0.4 is 4.90 Å². The number of carboxylic acids is 1. The molecule has 0 aliphatic carbocycles. The number of likely N-dealkylation sites (N-methyl/N-ethyl adjacent to an activating group) is 1. The first-order chi connectivity index (χ1) is 16.6. The Balaban J connectivity index is 0.00000194. The first-order valence-corrected chi connectivity index (χ1v) is 12.6. The molecule has 194 valence electrons. The number of carbonyl (C=O) groups is 2. The maximum atomic E-state index is 13.6. The van der Waals surface area contributed by atoms with E-state index in [2.05, 4.69) is 36.8 Å². The summed E-state index contributed by atoms with van der Waals surface area (Å²) >= 11 is 0. The molecule has 0 spiro atoms. The maximum Gasteiger partial charge on any atom is 0.304 e. The first kappa shape index (κ1) is 30.3. The van der Waals surface area contributed by atoms with Crippen LogP contribution in [0.1, 0.15) is 56.8 Å². The van der Waals surface area contributed by atoms with Crippen molar-refractivity contribution in [2.24, 2.45) is 0 Å². The van der Waals surface area contributed by atoms with Crippen molar-refractivity contribution in [3.63, 3.8) is 0 Å². The number of anilines is 1. The standard InChI is InChI=1S/C26H37N3O3.C3H8/c1-6-8-9-21(3)20-26(7-2,27(4)5)25(32)22-10-12-23(13-11-22)29-18-16-28(17-19-29)15-14-24(30)31;1-3-2/h6,8-13H,1,3,7,14-20H2,2,4-5H3,(H,30,31);3H2,1-2H3/b9-8-;. The third-order valence-electron chi connectivity index (χ3n) is 6.36. The predicted octanol–water partition coefficient (Wildman–Crippen LogP) is 5.28. The number of benzene rings is 1. The number of hydrogen-bond acceptors (Lipinski definition) is 5. The minimum atomic E-state index is -0.756. The lowest BCUT2D eigenvalue weighted by Gasteiger charge is -2.38. The average molecular weight is 484 g/mol. The van der Waals surface area contributed by atoms with Gasteiger partial charge in [0.25, 0.3) is 0 Å². The van der Waals surface area contributed by atoms with Gasteiger partial charge in [0.05, 0.1) is 12.0 Å². The van der Waals surface area contributed by atoms with Gasteiger partial charge in [-0.1, -0.05) is 64.2 Å². The molecular formula is C29H45N3O3. The van der Waals surface area contributed by atoms with Gasteiger partial charge in [-0.25, -0.2) is 0 Å². The Hall–Kier alpha value is -2.70. The highest BCUT2D eigenvalue weighted by atomic mass is 16.4. The molecule has 6 heteroatoms. The molecule has 1 aliphatic heterocycles. The summed E-state index contributed by atoms with van der Waals surface area (Å²) in [6, 6.07) is 7.88. The Bertz CT molecular complexity index is 852. The number of Topliss-reactive ketones (excluding diaryl/α,β-unsaturated/α-hetero) is 1. The van der Waals surface area contributed by atoms with Gasteiger partial charge in [0.2, 0.25) is 0 Å². The summed E-state index contributed by atoms with van der Waals surface area (Å²) in [6.45, 7) is 18.1. The fourth-order valence-corrected chi connectivity index (χ4v) is 4.26. The van der Waals surface area contributed by atoms with E-state index in [-0.39, 0.29) is 12.2 Å². The Labute approximate surface area is 212 Å². The summed E-state index contributed by atoms with van der Waals surface area (Å²) in [6.07, 6.45) is 8.13. The Morgan fingerprint density at radius 2 is 1.66 bits per heavy atom. The van der Waals surface area contributed by atoms with E-state index in [1.165, 1.54) is 6.42 Å². The summed E-state index contributed by atoms with van der Waals surface area (Å²) in [5.41, 5.74) is 2.03. The lowest BCUT2D eigenvalue weighted by atomic mass is 9.80. The van der Waals surface area contributed by atoms with Crippen LogP contribution in [0.4, 0.5) is 5.69 Å². The van der Waals surface area contributed by atoms with Crippen LogP contribution in [-0.4, -0.2) is 79.0 Å². The average Bonchev–Trinajstić information content (AvgIpc) is 2.85. The van der Waals surface area contributed by atoms with E-state index in [1.807, 2.05) is 62.3 Å². The molecule has 35 heavy (non-hydrogen) atoms. The molecule has 0 radical (unpaired) electrons. The molecule has 1 aromatic carbocycles. The third kappa shape index (κ3) is 9.11. The van der Waals surface area contributed by atoms with Crippen LogP contribution in [0.15, 0.2) is 61.2 Å². The SMILES string of the molecule is C=C/C=C\C(=C)CC(CC)(C(=O)c1ccc(N2CCN(CCC(=O)O)CC2)cc1)N(C)C.CCC. The van der Waals surface area contributed by atoms with Crippen molar-refractivity contribution in [1.82, 2.24) is 9.80 Å². The lowest BCUT2D eigenvalue weighted by Crippen LogP contribution is -2.51. The topological polar surface area (TPSA) is 64.1 Å². The maximum absolute atomic E-state index is 13.6. The van der Waals surface area contributed by atoms with Gasteiger partial charge in [-0.2, -0.15) is 0 Å². The molecule has 1 saturated heterocycles. The minimum absolute atomic E-state index is 0.100. The van der Waals surface area contributed by atoms with Gasteiger partial charge < -0.3 is 10.0 Å². The van der Waals surface area contributed by atoms with Crippen molar-refractivity contribution in [3.05, 3.63) is 66.8 Å². The van der Waals surface area contributed by atoms with E-state index >= 15 is 0 Å². The van der Waals surface area contributed by atoms with Gasteiger partial charge in [0.1, 0.15) is 0 Å². The number of hydrogen-bond donors (Lipinski definition) is 1. The molecule has 1 aliphatic rings. The number of rotatable bonds is 12. The van der Waals surface area contributed by atoms with Gasteiger partial charge in [0, 0.05) is 44.0 Å². The predicted molar refractivity (Wildman–Crippen MR) is 147 cm³/mol. The molecule has 0 saturated carbocycles. The highest BCUT2D eigenvalue weighted by Crippen LogP contribution is 2.31. The summed E-state index contributed by atoms with van der Waals surface area (Å²) in [5.74, 6) is -0.655. The molecule has 6 nitrogen and oxygen atoms in total. The van der Waals surface area contributed by atoms with Crippen LogP contribution in [0.2, 0.25) is 0 Å². The number of piperazine rings is 1. The second-order valence-electron chi connectivity index (χ2n) is 9.26. The molecule has 0 amide bonds. The highest BCUT2D eigenvalue weighted by Gasteiger charge is 2.39. The van der Waals surface area contributed by atoms with Crippen molar-refractivity contribution in [1.29, 1.82) is 0 Å². The number of ketones is 1. The number of aliphatic carboxylic acids is 1. The van der Waals surface area contributed by atoms with Crippen LogP contribution in [0.25, 0.3) is 0 Å². The normalized spacial score (nSPS) is 15.9. The van der Waals surface area contributed by atoms with Crippen molar-refractivity contribution in [3.8, 4) is 0 Å². The van der Waals surface area contributed by atoms with Crippen LogP contribution in [0, 0.1) is 0 Å². The smallest absolute Gasteiger partial charge is 0.304 e. The Kier molecular flexibility index (Phi) is 13.3. The zero-order valence-electron chi connectivity index (χ0n) is 22.4. The molecule has 1 fully saturated rings. The highest BCUT2D eigenvalue weighted by molar-refractivity contribution is 6.03. The van der Waals surface area contributed by atoms with E-state index in [4.69, 9.17) is 5.11 Å². The second-order valence-corrected chi connectivity index (χ2v) is 9.26. The fraction of sp³-hybridized carbons (Fsp3) is 0.517. The van der Waals surface area contributed by atoms with Crippen molar-refractivity contribution in [2.75, 3.05) is 51.7 Å². The van der Waals surface area contributed by atoms with Gasteiger partial charge in [-0.05, 0) is 51.2 Å². The minimum Gasteiger partial charge on any atom is -0.481 e. The van der Waals surface area contributed by atoms with E-state index in [9.17, 15) is 9.59 Å². The number of allylic oxidation sites excluding steroid dienone is 3. The molecule has 2 rings (SSSR count). The lowest BCUT2D eigenvalue weighted by molar-refractivity contribution is -0.137. The quantitative estimate of drug-likeness (QED) is 0.322. The molecule has 0 bridgehead atoms. The summed E-state index contributed by atoms with van der Waals surface area (Å²) in [4.78, 5) is 30.9. The Morgan fingerprint density at radius 1 is 1.09 bits per heavy atom. The van der Waals surface area contributed by atoms with Crippen LogP contribution in [-0.2, 0) is 4.79 Å². The van der Waals surface area contributed by atoms with Gasteiger partial charge >= 0.3 is 5.97 Å². The Morgan fingerprint density at radius 3 is 2.11 bits per heavy atom.